The fourth-order valence-corrected chi connectivity index (χ4v) is 1.80. The first-order valence-corrected chi connectivity index (χ1v) is 5.09. The Kier molecular flexibility index (Phi) is 2.73. The Labute approximate surface area is 84.8 Å². The third kappa shape index (κ3) is 2.28. The van der Waals surface area contributed by atoms with Gasteiger partial charge in [0.25, 0.3) is 0 Å². The quantitative estimate of drug-likeness (QED) is 0.756. The Hall–Kier alpha value is -1.44. The molecule has 0 saturated heterocycles. The zero-order valence-corrected chi connectivity index (χ0v) is 8.24. The van der Waals surface area contributed by atoms with Gasteiger partial charge in [0.15, 0.2) is 0 Å². The van der Waals surface area contributed by atoms with Crippen LogP contribution in [0.4, 0.5) is 0 Å². The minimum atomic E-state index is 0.607. The van der Waals surface area contributed by atoms with E-state index in [1.807, 2.05) is 0 Å². The van der Waals surface area contributed by atoms with Crippen molar-refractivity contribution in [3.8, 4) is 0 Å². The summed E-state index contributed by atoms with van der Waals surface area (Å²) in [5.41, 5.74) is 7.05. The van der Waals surface area contributed by atoms with Gasteiger partial charge in [0.1, 0.15) is 0 Å². The number of nitrogens with one attached hydrogen (secondary N) is 1. The van der Waals surface area contributed by atoms with Gasteiger partial charge < -0.3 is 11.1 Å². The second-order valence-corrected chi connectivity index (χ2v) is 3.79. The van der Waals surface area contributed by atoms with Crippen molar-refractivity contribution in [2.24, 2.45) is 11.7 Å². The van der Waals surface area contributed by atoms with Crippen molar-refractivity contribution < 1.29 is 0 Å². The molecule has 1 aromatic carbocycles. The van der Waals surface area contributed by atoms with Crippen LogP contribution in [-0.4, -0.2) is 6.54 Å². The summed E-state index contributed by atoms with van der Waals surface area (Å²) in [5.74, 6) is 1.44. The van der Waals surface area contributed by atoms with E-state index in [2.05, 4.69) is 41.7 Å². The predicted octanol–water partition coefficient (Wildman–Crippen LogP) is 1.64. The van der Waals surface area contributed by atoms with Crippen molar-refractivity contribution in [2.45, 2.75) is 12.8 Å². The summed E-state index contributed by atoms with van der Waals surface area (Å²) < 4.78 is 0. The predicted molar refractivity (Wildman–Crippen MR) is 58.5 cm³/mol. The zero-order valence-electron chi connectivity index (χ0n) is 8.24. The van der Waals surface area contributed by atoms with Crippen molar-refractivity contribution in [3.63, 3.8) is 0 Å². The largest absolute Gasteiger partial charge is 0.386 e. The maximum absolute atomic E-state index is 5.64. The van der Waals surface area contributed by atoms with E-state index in [9.17, 15) is 0 Å². The molecule has 1 atom stereocenters. The summed E-state index contributed by atoms with van der Waals surface area (Å²) in [6.07, 6.45) is 4.44. The van der Waals surface area contributed by atoms with E-state index in [0.717, 1.165) is 18.8 Å². The summed E-state index contributed by atoms with van der Waals surface area (Å²) in [5, 5.41) is 3.14. The number of hydrogen-bond acceptors (Lipinski definition) is 2. The van der Waals surface area contributed by atoms with E-state index in [1.54, 1.807) is 0 Å². The molecule has 1 aliphatic heterocycles. The van der Waals surface area contributed by atoms with Gasteiger partial charge in [-0.05, 0) is 30.4 Å². The van der Waals surface area contributed by atoms with Gasteiger partial charge in [-0.3, -0.25) is 0 Å². The monoisotopic (exact) mass is 188 g/mol. The summed E-state index contributed by atoms with van der Waals surface area (Å²) in [6, 6.07) is 10.6. The molecule has 2 nitrogen and oxygen atoms in total. The third-order valence-electron chi connectivity index (χ3n) is 2.63. The van der Waals surface area contributed by atoms with Gasteiger partial charge >= 0.3 is 0 Å². The van der Waals surface area contributed by atoms with Crippen molar-refractivity contribution in [2.75, 3.05) is 6.54 Å². The van der Waals surface area contributed by atoms with Crippen LogP contribution in [0.3, 0.4) is 0 Å². The molecule has 1 aromatic rings. The van der Waals surface area contributed by atoms with Crippen molar-refractivity contribution in [1.29, 1.82) is 0 Å². The molecule has 0 aliphatic carbocycles. The first-order valence-electron chi connectivity index (χ1n) is 5.09. The number of hydrogen-bond donors (Lipinski definition) is 2. The molecule has 0 bridgehead atoms. The molecule has 0 aromatic heterocycles. The molecule has 1 heterocycles. The Morgan fingerprint density at radius 3 is 2.71 bits per heavy atom. The molecule has 0 saturated carbocycles. The van der Waals surface area contributed by atoms with E-state index in [4.69, 9.17) is 5.73 Å². The lowest BCUT2D eigenvalue weighted by Gasteiger charge is -2.06. The van der Waals surface area contributed by atoms with Gasteiger partial charge in [-0.15, -0.1) is 0 Å². The lowest BCUT2D eigenvalue weighted by atomic mass is 10.0. The van der Waals surface area contributed by atoms with Crippen LogP contribution in [0.5, 0.6) is 0 Å². The van der Waals surface area contributed by atoms with Crippen LogP contribution in [0.25, 0.3) is 0 Å². The molecule has 74 valence electrons. The van der Waals surface area contributed by atoms with Crippen molar-refractivity contribution in [3.05, 3.63) is 47.8 Å². The van der Waals surface area contributed by atoms with Crippen LogP contribution in [0.15, 0.2) is 42.2 Å². The summed E-state index contributed by atoms with van der Waals surface area (Å²) in [4.78, 5) is 0. The molecule has 0 spiro atoms. The molecular weight excluding hydrogens is 172 g/mol. The smallest absolute Gasteiger partial charge is 0.0922 e. The standard InChI is InChI=1S/C12H16N2/c13-12-8-11(9-14-12)7-6-10-4-2-1-3-5-10/h1-5,8,11,14H,6-7,9,13H2/t11-/m0/s1. The molecule has 2 heteroatoms. The van der Waals surface area contributed by atoms with Crippen LogP contribution in [0, 0.1) is 5.92 Å². The molecule has 0 unspecified atom stereocenters. The summed E-state index contributed by atoms with van der Waals surface area (Å²) >= 11 is 0. The lowest BCUT2D eigenvalue weighted by Crippen LogP contribution is -2.16. The lowest BCUT2D eigenvalue weighted by molar-refractivity contribution is 0.596. The van der Waals surface area contributed by atoms with Gasteiger partial charge in [-0.25, -0.2) is 0 Å². The summed E-state index contributed by atoms with van der Waals surface area (Å²) in [6.45, 7) is 0.999. The average molecular weight is 188 g/mol. The molecule has 0 radical (unpaired) electrons. The van der Waals surface area contributed by atoms with Gasteiger partial charge in [0, 0.05) is 6.54 Å². The van der Waals surface area contributed by atoms with Gasteiger partial charge in [0.2, 0.25) is 0 Å². The Balaban J connectivity index is 1.84. The van der Waals surface area contributed by atoms with Gasteiger partial charge in [0.05, 0.1) is 5.82 Å². The van der Waals surface area contributed by atoms with Crippen molar-refractivity contribution in [1.82, 2.24) is 5.32 Å². The van der Waals surface area contributed by atoms with Gasteiger partial charge in [-0.1, -0.05) is 30.3 Å². The number of aryl methyl sites for hydroxylation is 1. The second-order valence-electron chi connectivity index (χ2n) is 3.79. The highest BCUT2D eigenvalue weighted by molar-refractivity contribution is 5.15. The second kappa shape index (κ2) is 4.18. The van der Waals surface area contributed by atoms with Gasteiger partial charge in [-0.2, -0.15) is 0 Å². The van der Waals surface area contributed by atoms with Crippen LogP contribution in [0.2, 0.25) is 0 Å². The van der Waals surface area contributed by atoms with Crippen LogP contribution >= 0.6 is 0 Å². The Morgan fingerprint density at radius 1 is 1.29 bits per heavy atom. The molecule has 0 fully saturated rings. The Bertz CT molecular complexity index is 316. The number of rotatable bonds is 3. The minimum Gasteiger partial charge on any atom is -0.386 e. The van der Waals surface area contributed by atoms with Crippen LogP contribution in [-0.2, 0) is 6.42 Å². The Morgan fingerprint density at radius 2 is 2.07 bits per heavy atom. The van der Waals surface area contributed by atoms with Crippen molar-refractivity contribution >= 4 is 0 Å². The number of nitrogens with two attached hydrogens (primary N) is 1. The molecule has 14 heavy (non-hydrogen) atoms. The molecule has 3 N–H and O–H groups in total. The highest BCUT2D eigenvalue weighted by Crippen LogP contribution is 2.14. The maximum atomic E-state index is 5.64. The molecule has 1 aliphatic rings. The fourth-order valence-electron chi connectivity index (χ4n) is 1.80. The average Bonchev–Trinajstić information content (AvgIpc) is 2.63. The SMILES string of the molecule is NC1=C[C@H](CCc2ccccc2)CN1. The first-order chi connectivity index (χ1) is 6.84. The zero-order chi connectivity index (χ0) is 9.80. The normalized spacial score (nSPS) is 20.3. The highest BCUT2D eigenvalue weighted by Gasteiger charge is 2.12. The van der Waals surface area contributed by atoms with E-state index < -0.39 is 0 Å². The topological polar surface area (TPSA) is 38.0 Å². The van der Waals surface area contributed by atoms with Crippen LogP contribution in [0.1, 0.15) is 12.0 Å². The fraction of sp³-hybridized carbons (Fsp3) is 0.333. The first kappa shape index (κ1) is 9.13. The molecule has 2 rings (SSSR count). The molecular formula is C12H16N2. The van der Waals surface area contributed by atoms with E-state index in [0.29, 0.717) is 5.92 Å². The summed E-state index contributed by atoms with van der Waals surface area (Å²) in [7, 11) is 0. The van der Waals surface area contributed by atoms with E-state index in [-0.39, 0.29) is 0 Å². The third-order valence-corrected chi connectivity index (χ3v) is 2.63. The highest BCUT2D eigenvalue weighted by atomic mass is 15.0. The van der Waals surface area contributed by atoms with Crippen LogP contribution < -0.4 is 11.1 Å². The van der Waals surface area contributed by atoms with E-state index in [1.165, 1.54) is 12.0 Å². The number of benzene rings is 1. The maximum Gasteiger partial charge on any atom is 0.0922 e. The minimum absolute atomic E-state index is 0.607. The van der Waals surface area contributed by atoms with E-state index >= 15 is 0 Å². The molecule has 0 amide bonds.